The molecule has 0 N–H and O–H groups in total. The summed E-state index contributed by atoms with van der Waals surface area (Å²) in [5, 5.41) is 0. The van der Waals surface area contributed by atoms with Crippen LogP contribution in [0.1, 0.15) is 28.4 Å². The molecule has 0 aliphatic carbocycles. The molecule has 0 radical (unpaired) electrons. The van der Waals surface area contributed by atoms with E-state index in [9.17, 15) is 9.59 Å². The molecule has 30 heavy (non-hydrogen) atoms. The molecule has 2 aromatic carbocycles. The Hall–Kier alpha value is -2.86. The zero-order valence-electron chi connectivity index (χ0n) is 17.6. The van der Waals surface area contributed by atoms with Crippen LogP contribution >= 0.6 is 0 Å². The summed E-state index contributed by atoms with van der Waals surface area (Å²) in [6.45, 7) is 5.63. The maximum absolute atomic E-state index is 13.2. The fraction of sp³-hybridized carbons (Fsp3) is 0.417. The molecule has 2 aromatic rings. The van der Waals surface area contributed by atoms with E-state index in [4.69, 9.17) is 9.47 Å². The van der Waals surface area contributed by atoms with Crippen molar-refractivity contribution in [2.24, 2.45) is 0 Å². The zero-order valence-corrected chi connectivity index (χ0v) is 17.6. The molecule has 6 heteroatoms. The van der Waals surface area contributed by atoms with Crippen LogP contribution in [0.2, 0.25) is 0 Å². The van der Waals surface area contributed by atoms with Crippen LogP contribution in [0, 0.1) is 0 Å². The van der Waals surface area contributed by atoms with Gasteiger partial charge in [-0.1, -0.05) is 30.3 Å². The number of carbonyl (C=O) groups excluding carboxylic acids is 2. The number of hydrogen-bond donors (Lipinski definition) is 0. The molecule has 1 saturated heterocycles. The van der Waals surface area contributed by atoms with Gasteiger partial charge in [-0.2, -0.15) is 0 Å². The van der Waals surface area contributed by atoms with Crippen LogP contribution in [-0.4, -0.2) is 67.1 Å². The molecular weight excluding hydrogens is 380 g/mol. The van der Waals surface area contributed by atoms with Crippen molar-refractivity contribution in [1.29, 1.82) is 0 Å². The first-order chi connectivity index (χ1) is 14.5. The van der Waals surface area contributed by atoms with Crippen molar-refractivity contribution in [3.05, 3.63) is 65.2 Å². The Bertz CT molecular complexity index is 919. The number of ether oxygens (including phenoxy) is 2. The van der Waals surface area contributed by atoms with Gasteiger partial charge >= 0.3 is 5.97 Å². The summed E-state index contributed by atoms with van der Waals surface area (Å²) >= 11 is 0. The molecule has 6 nitrogen and oxygen atoms in total. The largest absolute Gasteiger partial charge is 0.497 e. The van der Waals surface area contributed by atoms with Crippen LogP contribution < -0.4 is 4.74 Å². The second kappa shape index (κ2) is 8.48. The molecular formula is C24H28N2O4. The number of rotatable bonds is 5. The van der Waals surface area contributed by atoms with Gasteiger partial charge in [0.1, 0.15) is 5.75 Å². The number of fused-ring (bicyclic) bond motifs is 1. The lowest BCUT2D eigenvalue weighted by atomic mass is 9.88. The van der Waals surface area contributed by atoms with Gasteiger partial charge in [-0.3, -0.25) is 9.69 Å². The maximum Gasteiger partial charge on any atom is 0.339 e. The Morgan fingerprint density at radius 1 is 1.07 bits per heavy atom. The minimum atomic E-state index is -1.13. The second-order valence-electron chi connectivity index (χ2n) is 8.19. The van der Waals surface area contributed by atoms with Crippen LogP contribution in [0.4, 0.5) is 0 Å². The number of esters is 1. The van der Waals surface area contributed by atoms with Gasteiger partial charge in [0.05, 0.1) is 12.7 Å². The number of carbonyl (C=O) groups is 2. The van der Waals surface area contributed by atoms with Crippen LogP contribution in [0.15, 0.2) is 48.5 Å². The van der Waals surface area contributed by atoms with Crippen LogP contribution in [-0.2, 0) is 22.4 Å². The highest BCUT2D eigenvalue weighted by Gasteiger charge is 2.45. The second-order valence-corrected chi connectivity index (χ2v) is 8.19. The fourth-order valence-corrected chi connectivity index (χ4v) is 4.24. The average Bonchev–Trinajstić information content (AvgIpc) is 2.78. The predicted molar refractivity (Wildman–Crippen MR) is 114 cm³/mol. The van der Waals surface area contributed by atoms with Gasteiger partial charge in [0.25, 0.3) is 5.91 Å². The molecule has 0 bridgehead atoms. The normalized spacial score (nSPS) is 21.7. The smallest absolute Gasteiger partial charge is 0.339 e. The van der Waals surface area contributed by atoms with E-state index in [0.29, 0.717) is 25.1 Å². The molecule has 1 atom stereocenters. The van der Waals surface area contributed by atoms with Crippen LogP contribution in [0.5, 0.6) is 5.75 Å². The third-order valence-corrected chi connectivity index (χ3v) is 6.07. The highest BCUT2D eigenvalue weighted by molar-refractivity contribution is 5.97. The molecule has 0 aromatic heterocycles. The fourth-order valence-electron chi connectivity index (χ4n) is 4.24. The molecule has 158 valence electrons. The standard InChI is InChI=1S/C24H28N2O4/c1-24(17-19-5-3-4-6-21(19)22(27)30-24)23(28)26-15-13-25(14-16-26)12-11-18-7-9-20(29-2)10-8-18/h3-10H,11-17H2,1-2H3. The zero-order chi connectivity index (χ0) is 21.1. The van der Waals surface area contributed by atoms with Gasteiger partial charge in [-0.05, 0) is 42.7 Å². The first-order valence-corrected chi connectivity index (χ1v) is 10.4. The molecule has 1 fully saturated rings. The summed E-state index contributed by atoms with van der Waals surface area (Å²) in [4.78, 5) is 29.8. The highest BCUT2D eigenvalue weighted by Crippen LogP contribution is 2.30. The molecule has 4 rings (SSSR count). The van der Waals surface area contributed by atoms with Crippen molar-refractivity contribution < 1.29 is 19.1 Å². The van der Waals surface area contributed by atoms with E-state index in [-0.39, 0.29) is 5.91 Å². The van der Waals surface area contributed by atoms with E-state index >= 15 is 0 Å². The van der Waals surface area contributed by atoms with E-state index in [1.807, 2.05) is 35.2 Å². The predicted octanol–water partition coefficient (Wildman–Crippen LogP) is 2.55. The third-order valence-electron chi connectivity index (χ3n) is 6.07. The molecule has 0 spiro atoms. The maximum atomic E-state index is 13.2. The summed E-state index contributed by atoms with van der Waals surface area (Å²) in [6.07, 6.45) is 1.38. The van der Waals surface area contributed by atoms with Gasteiger partial charge in [-0.25, -0.2) is 4.79 Å². The van der Waals surface area contributed by atoms with E-state index in [1.165, 1.54) is 5.56 Å². The lowest BCUT2D eigenvalue weighted by Crippen LogP contribution is -2.58. The van der Waals surface area contributed by atoms with Crippen molar-refractivity contribution in [1.82, 2.24) is 9.80 Å². The van der Waals surface area contributed by atoms with Crippen LogP contribution in [0.25, 0.3) is 0 Å². The van der Waals surface area contributed by atoms with Gasteiger partial charge in [0, 0.05) is 39.1 Å². The molecule has 0 saturated carbocycles. The SMILES string of the molecule is COc1ccc(CCN2CCN(C(=O)C3(C)Cc4ccccc4C(=O)O3)CC2)cc1. The van der Waals surface area contributed by atoms with Gasteiger partial charge < -0.3 is 14.4 Å². The van der Waals surface area contributed by atoms with Crippen molar-refractivity contribution in [3.8, 4) is 5.75 Å². The third kappa shape index (κ3) is 4.19. The Morgan fingerprint density at radius 2 is 1.77 bits per heavy atom. The molecule has 1 unspecified atom stereocenters. The van der Waals surface area contributed by atoms with Gasteiger partial charge in [0.2, 0.25) is 0 Å². The quantitative estimate of drug-likeness (QED) is 0.712. The van der Waals surface area contributed by atoms with Crippen molar-refractivity contribution in [3.63, 3.8) is 0 Å². The monoisotopic (exact) mass is 408 g/mol. The summed E-state index contributed by atoms with van der Waals surface area (Å²) in [7, 11) is 1.67. The summed E-state index contributed by atoms with van der Waals surface area (Å²) in [5.74, 6) is 0.358. The summed E-state index contributed by atoms with van der Waals surface area (Å²) in [5.41, 5.74) is 1.58. The Morgan fingerprint density at radius 3 is 2.47 bits per heavy atom. The Balaban J connectivity index is 1.31. The minimum Gasteiger partial charge on any atom is -0.497 e. The van der Waals surface area contributed by atoms with Gasteiger partial charge in [-0.15, -0.1) is 0 Å². The van der Waals surface area contributed by atoms with E-state index < -0.39 is 11.6 Å². The number of methoxy groups -OCH3 is 1. The average molecular weight is 408 g/mol. The molecule has 1 amide bonds. The van der Waals surface area contributed by atoms with E-state index in [1.54, 1.807) is 20.1 Å². The first-order valence-electron chi connectivity index (χ1n) is 10.4. The number of hydrogen-bond acceptors (Lipinski definition) is 5. The number of benzene rings is 2. The minimum absolute atomic E-state index is 0.0971. The number of nitrogens with zero attached hydrogens (tertiary/aromatic N) is 2. The number of amides is 1. The van der Waals surface area contributed by atoms with Crippen molar-refractivity contribution in [2.75, 3.05) is 39.8 Å². The first kappa shape index (κ1) is 20.4. The highest BCUT2D eigenvalue weighted by atomic mass is 16.6. The summed E-state index contributed by atoms with van der Waals surface area (Å²) in [6, 6.07) is 15.5. The Labute approximate surface area is 177 Å². The van der Waals surface area contributed by atoms with Gasteiger partial charge in [0.15, 0.2) is 5.60 Å². The lowest BCUT2D eigenvalue weighted by molar-refractivity contribution is -0.152. The topological polar surface area (TPSA) is 59.1 Å². The van der Waals surface area contributed by atoms with Crippen molar-refractivity contribution >= 4 is 11.9 Å². The molecule has 2 aliphatic rings. The molecule has 2 aliphatic heterocycles. The van der Waals surface area contributed by atoms with Crippen LogP contribution in [0.3, 0.4) is 0 Å². The number of piperazine rings is 1. The van der Waals surface area contributed by atoms with E-state index in [0.717, 1.165) is 37.4 Å². The summed E-state index contributed by atoms with van der Waals surface area (Å²) < 4.78 is 10.8. The van der Waals surface area contributed by atoms with Crippen molar-refractivity contribution in [2.45, 2.75) is 25.4 Å². The lowest BCUT2D eigenvalue weighted by Gasteiger charge is -2.41. The Kier molecular flexibility index (Phi) is 5.77. The van der Waals surface area contributed by atoms with E-state index in [2.05, 4.69) is 17.0 Å². The number of cyclic esters (lactones) is 1. The molecule has 2 heterocycles.